The molecule has 0 saturated carbocycles. The van der Waals surface area contributed by atoms with E-state index in [1.165, 1.54) is 6.07 Å². The lowest BCUT2D eigenvalue weighted by Gasteiger charge is -2.11. The number of carbonyl (C=O) groups excluding carboxylic acids is 1. The van der Waals surface area contributed by atoms with E-state index in [0.29, 0.717) is 11.0 Å². The summed E-state index contributed by atoms with van der Waals surface area (Å²) in [6.07, 6.45) is 2.67. The summed E-state index contributed by atoms with van der Waals surface area (Å²) in [5, 5.41) is 22.9. The van der Waals surface area contributed by atoms with Gasteiger partial charge in [0.2, 0.25) is 0 Å². The molecule has 0 aliphatic carbocycles. The Kier molecular flexibility index (Phi) is 4.55. The first-order chi connectivity index (χ1) is 9.97. The van der Waals surface area contributed by atoms with Gasteiger partial charge in [-0.1, -0.05) is 18.7 Å². The monoisotopic (exact) mass is 287 g/mol. The van der Waals surface area contributed by atoms with Crippen molar-refractivity contribution < 1.29 is 24.3 Å². The third-order valence-electron chi connectivity index (χ3n) is 3.01. The van der Waals surface area contributed by atoms with E-state index in [9.17, 15) is 15.0 Å². The number of benzene rings is 1. The first kappa shape index (κ1) is 15.0. The van der Waals surface area contributed by atoms with Crippen LogP contribution in [-0.4, -0.2) is 23.8 Å². The molecule has 0 fully saturated rings. The molecular weight excluding hydrogens is 270 g/mol. The molecule has 1 N–H and O–H groups in total. The zero-order valence-corrected chi connectivity index (χ0v) is 11.8. The number of fused-ring (bicyclic) bond motifs is 1. The van der Waals surface area contributed by atoms with Gasteiger partial charge in [0.15, 0.2) is 18.9 Å². The van der Waals surface area contributed by atoms with Crippen molar-refractivity contribution in [1.82, 2.24) is 0 Å². The molecule has 0 spiro atoms. The Labute approximate surface area is 122 Å². The minimum atomic E-state index is -0.828. The molecule has 1 aromatic heterocycles. The van der Waals surface area contributed by atoms with Gasteiger partial charge in [0.05, 0.1) is 0 Å². The maximum Gasteiger partial charge on any atom is 0.333 e. The van der Waals surface area contributed by atoms with Crippen molar-refractivity contribution >= 4 is 16.7 Å². The van der Waals surface area contributed by atoms with E-state index in [-0.39, 0.29) is 18.9 Å². The molecule has 5 nitrogen and oxygen atoms in total. The van der Waals surface area contributed by atoms with Crippen LogP contribution in [0.4, 0.5) is 0 Å². The fourth-order valence-electron chi connectivity index (χ4n) is 1.95. The SMILES string of the molecule is C=C(C)C(=O)OCC(O)C[n+]1ccc2c([O-])cccc2c1. The maximum atomic E-state index is 11.6. The van der Waals surface area contributed by atoms with E-state index < -0.39 is 12.1 Å². The van der Waals surface area contributed by atoms with Crippen LogP contribution in [0, 0.1) is 0 Å². The van der Waals surface area contributed by atoms with Crippen molar-refractivity contribution in [3.8, 4) is 5.75 Å². The summed E-state index contributed by atoms with van der Waals surface area (Å²) >= 11 is 0. The molecule has 1 unspecified atom stereocenters. The topological polar surface area (TPSA) is 73.5 Å². The number of aliphatic hydroxyl groups excluding tert-OH is 1. The highest BCUT2D eigenvalue weighted by molar-refractivity contribution is 5.87. The largest absolute Gasteiger partial charge is 0.872 e. The van der Waals surface area contributed by atoms with Crippen LogP contribution in [0.25, 0.3) is 10.8 Å². The number of nitrogens with zero attached hydrogens (tertiary/aromatic N) is 1. The number of hydrogen-bond donors (Lipinski definition) is 1. The number of hydrogen-bond acceptors (Lipinski definition) is 4. The molecule has 2 aromatic rings. The number of aliphatic hydroxyl groups is 1. The van der Waals surface area contributed by atoms with Crippen molar-refractivity contribution in [1.29, 1.82) is 0 Å². The Morgan fingerprint density at radius 1 is 1.48 bits per heavy atom. The third-order valence-corrected chi connectivity index (χ3v) is 3.01. The quantitative estimate of drug-likeness (QED) is 0.498. The zero-order chi connectivity index (χ0) is 15.4. The number of ether oxygens (including phenoxy) is 1. The molecule has 1 aromatic carbocycles. The van der Waals surface area contributed by atoms with E-state index in [1.807, 2.05) is 6.07 Å². The first-order valence-corrected chi connectivity index (χ1v) is 6.57. The standard InChI is InChI=1S/C16H17NO4/c1-11(2)16(20)21-10-13(18)9-17-7-6-14-12(8-17)4-3-5-15(14)19/h3-8,13,18H,1,9-10H2,2H3. The first-order valence-electron chi connectivity index (χ1n) is 6.57. The highest BCUT2D eigenvalue weighted by Gasteiger charge is 2.14. The number of aromatic nitrogens is 1. The van der Waals surface area contributed by atoms with Gasteiger partial charge in [-0.15, -0.1) is 5.75 Å². The number of pyridine rings is 1. The van der Waals surface area contributed by atoms with Crippen LogP contribution in [0.3, 0.4) is 0 Å². The molecule has 110 valence electrons. The molecule has 2 rings (SSSR count). The molecule has 21 heavy (non-hydrogen) atoms. The second kappa shape index (κ2) is 6.37. The van der Waals surface area contributed by atoms with Crippen molar-refractivity contribution in [2.75, 3.05) is 6.61 Å². The van der Waals surface area contributed by atoms with Gasteiger partial charge in [-0.25, -0.2) is 9.36 Å². The van der Waals surface area contributed by atoms with Crippen LogP contribution in [0.1, 0.15) is 6.92 Å². The lowest BCUT2D eigenvalue weighted by atomic mass is 10.1. The lowest BCUT2D eigenvalue weighted by Crippen LogP contribution is -2.41. The molecule has 0 aliphatic heterocycles. The van der Waals surface area contributed by atoms with Gasteiger partial charge >= 0.3 is 5.97 Å². The summed E-state index contributed by atoms with van der Waals surface area (Å²) in [6.45, 7) is 5.18. The normalized spacial score (nSPS) is 12.1. The minimum Gasteiger partial charge on any atom is -0.872 e. The van der Waals surface area contributed by atoms with E-state index in [0.717, 1.165) is 5.39 Å². The molecule has 0 saturated heterocycles. The zero-order valence-electron chi connectivity index (χ0n) is 11.8. The number of esters is 1. The van der Waals surface area contributed by atoms with Crippen molar-refractivity contribution in [2.45, 2.75) is 19.6 Å². The van der Waals surface area contributed by atoms with Gasteiger partial charge in [0, 0.05) is 17.0 Å². The van der Waals surface area contributed by atoms with Crippen LogP contribution in [-0.2, 0) is 16.1 Å². The Hall–Kier alpha value is -2.40. The molecular formula is C16H17NO4. The summed E-state index contributed by atoms with van der Waals surface area (Å²) in [5.74, 6) is -0.552. The van der Waals surface area contributed by atoms with Gasteiger partial charge in [-0.2, -0.15) is 0 Å². The molecule has 0 aliphatic rings. The fraction of sp³-hybridized carbons (Fsp3) is 0.250. The van der Waals surface area contributed by atoms with Crippen molar-refractivity contribution in [3.63, 3.8) is 0 Å². The van der Waals surface area contributed by atoms with Gasteiger partial charge in [0.1, 0.15) is 12.7 Å². The Morgan fingerprint density at radius 3 is 2.95 bits per heavy atom. The van der Waals surface area contributed by atoms with E-state index in [2.05, 4.69) is 6.58 Å². The smallest absolute Gasteiger partial charge is 0.333 e. The van der Waals surface area contributed by atoms with Gasteiger partial charge in [-0.3, -0.25) is 0 Å². The van der Waals surface area contributed by atoms with Gasteiger partial charge < -0.3 is 14.9 Å². The molecule has 0 bridgehead atoms. The fourth-order valence-corrected chi connectivity index (χ4v) is 1.95. The van der Waals surface area contributed by atoms with Crippen molar-refractivity contribution in [2.24, 2.45) is 0 Å². The summed E-state index contributed by atoms with van der Waals surface area (Å²) < 4.78 is 6.64. The third kappa shape index (κ3) is 3.79. The number of rotatable bonds is 5. The van der Waals surface area contributed by atoms with Gasteiger partial charge in [-0.05, 0) is 18.4 Å². The van der Waals surface area contributed by atoms with E-state index in [4.69, 9.17) is 4.74 Å². The summed E-state index contributed by atoms with van der Waals surface area (Å²) in [7, 11) is 0. The predicted molar refractivity (Wildman–Crippen MR) is 75.4 cm³/mol. The van der Waals surface area contributed by atoms with Crippen LogP contribution in [0.2, 0.25) is 0 Å². The predicted octanol–water partition coefficient (Wildman–Crippen LogP) is 0.681. The highest BCUT2D eigenvalue weighted by Crippen LogP contribution is 2.19. The molecule has 0 amide bonds. The van der Waals surface area contributed by atoms with Crippen molar-refractivity contribution in [3.05, 3.63) is 48.8 Å². The Bertz CT molecular complexity index is 681. The average molecular weight is 287 g/mol. The van der Waals surface area contributed by atoms with E-state index in [1.54, 1.807) is 36.0 Å². The maximum absolute atomic E-state index is 11.6. The number of carbonyl (C=O) groups is 1. The Balaban J connectivity index is 2.02. The van der Waals surface area contributed by atoms with Gasteiger partial charge in [0.25, 0.3) is 0 Å². The molecule has 1 heterocycles. The second-order valence-electron chi connectivity index (χ2n) is 4.93. The molecule has 1 atom stereocenters. The van der Waals surface area contributed by atoms with Crippen LogP contribution < -0.4 is 9.67 Å². The molecule has 0 radical (unpaired) electrons. The summed E-state index contributed by atoms with van der Waals surface area (Å²) in [5.41, 5.74) is 0.295. The van der Waals surface area contributed by atoms with Crippen LogP contribution in [0.5, 0.6) is 5.75 Å². The molecule has 5 heteroatoms. The lowest BCUT2D eigenvalue weighted by molar-refractivity contribution is -0.702. The summed E-state index contributed by atoms with van der Waals surface area (Å²) in [4.78, 5) is 11.2. The second-order valence-corrected chi connectivity index (χ2v) is 4.93. The van der Waals surface area contributed by atoms with Crippen LogP contribution >= 0.6 is 0 Å². The highest BCUT2D eigenvalue weighted by atomic mass is 16.5. The minimum absolute atomic E-state index is 0.0319. The van der Waals surface area contributed by atoms with E-state index >= 15 is 0 Å². The summed E-state index contributed by atoms with van der Waals surface area (Å²) in [6, 6.07) is 6.75. The average Bonchev–Trinajstić information content (AvgIpc) is 2.44. The Morgan fingerprint density at radius 2 is 2.24 bits per heavy atom. The van der Waals surface area contributed by atoms with Crippen LogP contribution in [0.15, 0.2) is 48.8 Å².